The van der Waals surface area contributed by atoms with E-state index in [4.69, 9.17) is 0 Å². The molecule has 0 aromatic rings. The van der Waals surface area contributed by atoms with Crippen LogP contribution in [0.15, 0.2) is 0 Å². The SMILES string of the molecule is CCNC(=O)NC[C@@H]1C[C@H]2CC[C@@H]1C2. The van der Waals surface area contributed by atoms with Crippen molar-refractivity contribution >= 4 is 6.03 Å². The fourth-order valence-corrected chi connectivity index (χ4v) is 3.07. The molecule has 2 rings (SSSR count). The van der Waals surface area contributed by atoms with Crippen LogP contribution in [-0.4, -0.2) is 19.1 Å². The van der Waals surface area contributed by atoms with Gasteiger partial charge in [-0.25, -0.2) is 4.79 Å². The van der Waals surface area contributed by atoms with Crippen LogP contribution in [0, 0.1) is 17.8 Å². The molecule has 0 spiro atoms. The minimum atomic E-state index is -0.00438. The van der Waals surface area contributed by atoms with Crippen molar-refractivity contribution in [3.8, 4) is 0 Å². The van der Waals surface area contributed by atoms with E-state index in [1.807, 2.05) is 6.92 Å². The molecule has 2 bridgehead atoms. The molecule has 0 aromatic carbocycles. The van der Waals surface area contributed by atoms with Crippen molar-refractivity contribution in [2.75, 3.05) is 13.1 Å². The highest BCUT2D eigenvalue weighted by Crippen LogP contribution is 2.47. The maximum absolute atomic E-state index is 11.2. The molecule has 2 aliphatic rings. The van der Waals surface area contributed by atoms with Crippen LogP contribution in [0.4, 0.5) is 4.79 Å². The summed E-state index contributed by atoms with van der Waals surface area (Å²) >= 11 is 0. The first kappa shape index (κ1) is 9.81. The summed E-state index contributed by atoms with van der Waals surface area (Å²) in [5, 5.41) is 5.72. The predicted octanol–water partition coefficient (Wildman–Crippen LogP) is 1.74. The van der Waals surface area contributed by atoms with Gasteiger partial charge in [-0.2, -0.15) is 0 Å². The molecule has 2 saturated carbocycles. The van der Waals surface area contributed by atoms with Gasteiger partial charge in [0.15, 0.2) is 0 Å². The predicted molar refractivity (Wildman–Crippen MR) is 56.0 cm³/mol. The smallest absolute Gasteiger partial charge is 0.314 e. The molecular formula is C11H20N2O. The monoisotopic (exact) mass is 196 g/mol. The second-order valence-electron chi connectivity index (χ2n) is 4.68. The van der Waals surface area contributed by atoms with Crippen molar-refractivity contribution in [2.45, 2.75) is 32.6 Å². The van der Waals surface area contributed by atoms with Crippen LogP contribution < -0.4 is 10.6 Å². The highest BCUT2D eigenvalue weighted by atomic mass is 16.2. The number of hydrogen-bond acceptors (Lipinski definition) is 1. The van der Waals surface area contributed by atoms with Gasteiger partial charge >= 0.3 is 6.03 Å². The van der Waals surface area contributed by atoms with Crippen LogP contribution in [0.25, 0.3) is 0 Å². The number of urea groups is 1. The standard InChI is InChI=1S/C11H20N2O/c1-2-12-11(14)13-7-10-6-8-3-4-9(10)5-8/h8-10H,2-7H2,1H3,(H2,12,13,14)/t8-,9+,10-/m0/s1. The van der Waals surface area contributed by atoms with E-state index in [-0.39, 0.29) is 6.03 Å². The molecule has 0 aromatic heterocycles. The first-order chi connectivity index (χ1) is 6.79. The van der Waals surface area contributed by atoms with E-state index in [0.29, 0.717) is 6.54 Å². The molecule has 2 N–H and O–H groups in total. The van der Waals surface area contributed by atoms with Gasteiger partial charge in [0.25, 0.3) is 0 Å². The van der Waals surface area contributed by atoms with E-state index in [9.17, 15) is 4.79 Å². The quantitative estimate of drug-likeness (QED) is 0.709. The van der Waals surface area contributed by atoms with Crippen molar-refractivity contribution in [3.63, 3.8) is 0 Å². The van der Waals surface area contributed by atoms with Crippen LogP contribution in [0.1, 0.15) is 32.6 Å². The summed E-state index contributed by atoms with van der Waals surface area (Å²) in [6.07, 6.45) is 5.59. The topological polar surface area (TPSA) is 41.1 Å². The molecule has 0 heterocycles. The Balaban J connectivity index is 1.69. The summed E-state index contributed by atoms with van der Waals surface area (Å²) in [6, 6.07) is -0.00438. The van der Waals surface area contributed by atoms with E-state index in [0.717, 1.165) is 24.3 Å². The van der Waals surface area contributed by atoms with E-state index in [2.05, 4.69) is 10.6 Å². The minimum Gasteiger partial charge on any atom is -0.338 e. The van der Waals surface area contributed by atoms with Gasteiger partial charge in [0.1, 0.15) is 0 Å². The van der Waals surface area contributed by atoms with Gasteiger partial charge in [0, 0.05) is 13.1 Å². The Kier molecular flexibility index (Phi) is 2.94. The zero-order valence-corrected chi connectivity index (χ0v) is 8.88. The first-order valence-electron chi connectivity index (χ1n) is 5.81. The van der Waals surface area contributed by atoms with Gasteiger partial charge in [-0.3, -0.25) is 0 Å². The molecule has 2 amide bonds. The Morgan fingerprint density at radius 3 is 2.71 bits per heavy atom. The summed E-state index contributed by atoms with van der Waals surface area (Å²) in [7, 11) is 0. The number of hydrogen-bond donors (Lipinski definition) is 2. The number of amides is 2. The highest BCUT2D eigenvalue weighted by molar-refractivity contribution is 5.73. The Morgan fingerprint density at radius 1 is 1.29 bits per heavy atom. The van der Waals surface area contributed by atoms with Crippen LogP contribution in [0.2, 0.25) is 0 Å². The first-order valence-corrected chi connectivity index (χ1v) is 5.81. The Hall–Kier alpha value is -0.730. The van der Waals surface area contributed by atoms with Gasteiger partial charge in [0.05, 0.1) is 0 Å². The zero-order valence-electron chi connectivity index (χ0n) is 8.88. The lowest BCUT2D eigenvalue weighted by molar-refractivity contribution is 0.235. The largest absolute Gasteiger partial charge is 0.338 e. The Bertz CT molecular complexity index is 217. The molecule has 0 saturated heterocycles. The van der Waals surface area contributed by atoms with Crippen LogP contribution in [0.5, 0.6) is 0 Å². The second kappa shape index (κ2) is 4.20. The fraction of sp³-hybridized carbons (Fsp3) is 0.909. The van der Waals surface area contributed by atoms with Crippen molar-refractivity contribution in [3.05, 3.63) is 0 Å². The lowest BCUT2D eigenvalue weighted by atomic mass is 9.89. The lowest BCUT2D eigenvalue weighted by Gasteiger charge is -2.21. The average molecular weight is 196 g/mol. The molecule has 0 aliphatic heterocycles. The maximum Gasteiger partial charge on any atom is 0.314 e. The maximum atomic E-state index is 11.2. The minimum absolute atomic E-state index is 0.00438. The van der Waals surface area contributed by atoms with E-state index >= 15 is 0 Å². The summed E-state index contributed by atoms with van der Waals surface area (Å²) in [4.78, 5) is 11.2. The zero-order chi connectivity index (χ0) is 9.97. The molecule has 2 aliphatic carbocycles. The van der Waals surface area contributed by atoms with Gasteiger partial charge < -0.3 is 10.6 Å². The summed E-state index contributed by atoms with van der Waals surface area (Å²) in [5.41, 5.74) is 0. The number of rotatable bonds is 3. The molecule has 3 atom stereocenters. The third-order valence-electron chi connectivity index (χ3n) is 3.75. The number of fused-ring (bicyclic) bond motifs is 2. The van der Waals surface area contributed by atoms with E-state index in [1.54, 1.807) is 0 Å². The van der Waals surface area contributed by atoms with Gasteiger partial charge in [-0.05, 0) is 43.9 Å². The average Bonchev–Trinajstić information content (AvgIpc) is 2.76. The Labute approximate surface area is 85.6 Å². The van der Waals surface area contributed by atoms with Crippen LogP contribution >= 0.6 is 0 Å². The highest BCUT2D eigenvalue weighted by Gasteiger charge is 2.39. The van der Waals surface area contributed by atoms with Crippen molar-refractivity contribution in [1.29, 1.82) is 0 Å². The van der Waals surface area contributed by atoms with Crippen LogP contribution in [0.3, 0.4) is 0 Å². The molecule has 0 unspecified atom stereocenters. The van der Waals surface area contributed by atoms with Gasteiger partial charge in [-0.15, -0.1) is 0 Å². The van der Waals surface area contributed by atoms with Crippen molar-refractivity contribution in [2.24, 2.45) is 17.8 Å². The fourth-order valence-electron chi connectivity index (χ4n) is 3.07. The third kappa shape index (κ3) is 2.02. The molecular weight excluding hydrogens is 176 g/mol. The van der Waals surface area contributed by atoms with E-state index < -0.39 is 0 Å². The lowest BCUT2D eigenvalue weighted by Crippen LogP contribution is -2.39. The molecule has 3 nitrogen and oxygen atoms in total. The number of carbonyl (C=O) groups excluding carboxylic acids is 1. The normalized spacial score (nSPS) is 34.5. The molecule has 3 heteroatoms. The molecule has 0 radical (unpaired) electrons. The molecule has 14 heavy (non-hydrogen) atoms. The van der Waals surface area contributed by atoms with Crippen molar-refractivity contribution in [1.82, 2.24) is 10.6 Å². The number of nitrogens with one attached hydrogen (secondary N) is 2. The molecule has 2 fully saturated rings. The summed E-state index contributed by atoms with van der Waals surface area (Å²) in [6.45, 7) is 3.53. The van der Waals surface area contributed by atoms with E-state index in [1.165, 1.54) is 25.7 Å². The van der Waals surface area contributed by atoms with Gasteiger partial charge in [0.2, 0.25) is 0 Å². The summed E-state index contributed by atoms with van der Waals surface area (Å²) in [5.74, 6) is 2.64. The Morgan fingerprint density at radius 2 is 2.14 bits per heavy atom. The summed E-state index contributed by atoms with van der Waals surface area (Å²) < 4.78 is 0. The van der Waals surface area contributed by atoms with Gasteiger partial charge in [-0.1, -0.05) is 6.42 Å². The molecule has 80 valence electrons. The van der Waals surface area contributed by atoms with Crippen LogP contribution in [-0.2, 0) is 0 Å². The van der Waals surface area contributed by atoms with Crippen molar-refractivity contribution < 1.29 is 4.79 Å². The second-order valence-corrected chi connectivity index (χ2v) is 4.68. The third-order valence-corrected chi connectivity index (χ3v) is 3.75. The number of carbonyl (C=O) groups is 1.